The third kappa shape index (κ3) is 7.41. The minimum atomic E-state index is -0.192. The van der Waals surface area contributed by atoms with Crippen LogP contribution < -0.4 is 4.74 Å². The number of fused-ring (bicyclic) bond motifs is 2. The zero-order valence-electron chi connectivity index (χ0n) is 25.0. The lowest BCUT2D eigenvalue weighted by Gasteiger charge is -2.12. The van der Waals surface area contributed by atoms with Crippen molar-refractivity contribution in [3.05, 3.63) is 83.0 Å². The maximum atomic E-state index is 13.4. The van der Waals surface area contributed by atoms with Gasteiger partial charge >= 0.3 is 5.97 Å². The molecule has 0 atom stereocenters. The lowest BCUT2D eigenvalue weighted by atomic mass is 9.93. The largest absolute Gasteiger partial charge is 0.494 e. The standard InChI is InChI=1S/C34H37N3O6/c1-34(2,3)31-20-24(37-43-31)19-25(38)15-21-9-11-27-22(14-21)17-29(35-27)33(40)30-18-23-16-26(10-12-28(23)36-30)42-13-7-5-6-8-32(39)41-4/h9-12,14,16-18,20,35-36H,5-8,13,15,19H2,1-4H3. The van der Waals surface area contributed by atoms with Gasteiger partial charge in [-0.15, -0.1) is 0 Å². The molecule has 3 aromatic heterocycles. The molecule has 2 aromatic carbocycles. The Morgan fingerprint density at radius 1 is 0.837 bits per heavy atom. The zero-order valence-corrected chi connectivity index (χ0v) is 25.0. The van der Waals surface area contributed by atoms with Crippen molar-refractivity contribution < 1.29 is 28.4 Å². The molecule has 43 heavy (non-hydrogen) atoms. The summed E-state index contributed by atoms with van der Waals surface area (Å²) in [5.74, 6) is 1.18. The van der Waals surface area contributed by atoms with Gasteiger partial charge in [0.05, 0.1) is 37.2 Å². The molecule has 0 aliphatic heterocycles. The number of hydrogen-bond donors (Lipinski definition) is 2. The van der Waals surface area contributed by atoms with E-state index in [4.69, 9.17) is 9.26 Å². The fourth-order valence-corrected chi connectivity index (χ4v) is 4.96. The number of methoxy groups -OCH3 is 1. The molecule has 0 fully saturated rings. The van der Waals surface area contributed by atoms with E-state index in [0.717, 1.165) is 58.1 Å². The Morgan fingerprint density at radius 2 is 1.53 bits per heavy atom. The number of benzene rings is 2. The van der Waals surface area contributed by atoms with Crippen molar-refractivity contribution in [3.63, 3.8) is 0 Å². The number of carbonyl (C=O) groups is 3. The summed E-state index contributed by atoms with van der Waals surface area (Å²) >= 11 is 0. The second-order valence-electron chi connectivity index (χ2n) is 11.9. The van der Waals surface area contributed by atoms with E-state index in [-0.39, 0.29) is 35.8 Å². The predicted molar refractivity (Wildman–Crippen MR) is 164 cm³/mol. The lowest BCUT2D eigenvalue weighted by molar-refractivity contribution is -0.140. The Kier molecular flexibility index (Phi) is 8.80. The number of ketones is 2. The van der Waals surface area contributed by atoms with E-state index in [1.54, 1.807) is 0 Å². The highest BCUT2D eigenvalue weighted by Crippen LogP contribution is 2.26. The lowest BCUT2D eigenvalue weighted by Crippen LogP contribution is -2.09. The van der Waals surface area contributed by atoms with Crippen LogP contribution in [0.15, 0.2) is 59.1 Å². The number of Topliss-reactive ketones (excluding diaryl/α,β-unsaturated/α-hetero) is 1. The van der Waals surface area contributed by atoms with Crippen molar-refractivity contribution in [2.75, 3.05) is 13.7 Å². The van der Waals surface area contributed by atoms with Crippen LogP contribution in [-0.2, 0) is 32.6 Å². The number of hydrogen-bond acceptors (Lipinski definition) is 7. The molecule has 0 saturated carbocycles. The first-order chi connectivity index (χ1) is 20.6. The van der Waals surface area contributed by atoms with Crippen molar-refractivity contribution >= 4 is 39.3 Å². The van der Waals surface area contributed by atoms with Crippen LogP contribution >= 0.6 is 0 Å². The number of ether oxygens (including phenoxy) is 2. The second-order valence-corrected chi connectivity index (χ2v) is 11.9. The van der Waals surface area contributed by atoms with Gasteiger partial charge in [0.2, 0.25) is 5.78 Å². The van der Waals surface area contributed by atoms with Crippen LogP contribution in [0, 0.1) is 0 Å². The van der Waals surface area contributed by atoms with Crippen LogP contribution in [0.4, 0.5) is 0 Å². The summed E-state index contributed by atoms with van der Waals surface area (Å²) in [4.78, 5) is 43.7. The van der Waals surface area contributed by atoms with Crippen LogP contribution in [-0.4, -0.2) is 46.4 Å². The molecule has 9 heteroatoms. The Bertz CT molecular complexity index is 1770. The van der Waals surface area contributed by atoms with Gasteiger partial charge in [0, 0.05) is 46.1 Å². The van der Waals surface area contributed by atoms with E-state index in [0.29, 0.717) is 30.1 Å². The molecule has 0 bridgehead atoms. The maximum absolute atomic E-state index is 13.4. The number of nitrogens with one attached hydrogen (secondary N) is 2. The highest BCUT2D eigenvalue weighted by Gasteiger charge is 2.21. The van der Waals surface area contributed by atoms with Gasteiger partial charge in [0.25, 0.3) is 0 Å². The number of aromatic amines is 2. The van der Waals surface area contributed by atoms with E-state index < -0.39 is 0 Å². The third-order valence-electron chi connectivity index (χ3n) is 7.37. The van der Waals surface area contributed by atoms with Gasteiger partial charge < -0.3 is 24.0 Å². The van der Waals surface area contributed by atoms with Gasteiger partial charge in [-0.25, -0.2) is 0 Å². The van der Waals surface area contributed by atoms with Crippen LogP contribution in [0.1, 0.15) is 79.7 Å². The fourth-order valence-electron chi connectivity index (χ4n) is 4.96. The molecule has 0 aliphatic rings. The molecule has 0 unspecified atom stereocenters. The number of nitrogens with zero attached hydrogens (tertiary/aromatic N) is 1. The van der Waals surface area contributed by atoms with E-state index in [9.17, 15) is 14.4 Å². The Labute approximate surface area is 249 Å². The number of unbranched alkanes of at least 4 members (excludes halogenated alkanes) is 2. The van der Waals surface area contributed by atoms with E-state index >= 15 is 0 Å². The molecule has 3 heterocycles. The number of aromatic nitrogens is 3. The minimum Gasteiger partial charge on any atom is -0.494 e. The monoisotopic (exact) mass is 583 g/mol. The molecular weight excluding hydrogens is 546 g/mol. The molecule has 9 nitrogen and oxygen atoms in total. The van der Waals surface area contributed by atoms with Gasteiger partial charge in [0.1, 0.15) is 17.3 Å². The number of carbonyl (C=O) groups excluding carboxylic acids is 3. The normalized spacial score (nSPS) is 11.7. The first-order valence-electron chi connectivity index (χ1n) is 14.6. The molecular formula is C34H37N3O6. The van der Waals surface area contributed by atoms with Crippen LogP contribution in [0.2, 0.25) is 0 Å². The Hall–Kier alpha value is -4.66. The van der Waals surface area contributed by atoms with Gasteiger partial charge in [-0.05, 0) is 67.3 Å². The highest BCUT2D eigenvalue weighted by atomic mass is 16.5. The first kappa shape index (κ1) is 29.8. The SMILES string of the molecule is COC(=O)CCCCCOc1ccc2[nH]c(C(=O)c3cc4cc(CC(=O)Cc5cc(C(C)(C)C)on5)ccc4[nH]3)cc2c1. The molecule has 0 radical (unpaired) electrons. The number of H-pyrrole nitrogens is 2. The van der Waals surface area contributed by atoms with Gasteiger partial charge in [-0.2, -0.15) is 0 Å². The number of esters is 1. The summed E-state index contributed by atoms with van der Waals surface area (Å²) in [7, 11) is 1.40. The van der Waals surface area contributed by atoms with Crippen LogP contribution in [0.5, 0.6) is 5.75 Å². The van der Waals surface area contributed by atoms with E-state index in [1.165, 1.54) is 7.11 Å². The minimum absolute atomic E-state index is 0.0416. The Balaban J connectivity index is 1.19. The van der Waals surface area contributed by atoms with Crippen LogP contribution in [0.25, 0.3) is 21.8 Å². The summed E-state index contributed by atoms with van der Waals surface area (Å²) in [6.07, 6.45) is 3.38. The summed E-state index contributed by atoms with van der Waals surface area (Å²) in [5, 5.41) is 5.80. The highest BCUT2D eigenvalue weighted by molar-refractivity contribution is 6.11. The topological polar surface area (TPSA) is 127 Å². The maximum Gasteiger partial charge on any atom is 0.305 e. The molecule has 0 spiro atoms. The van der Waals surface area contributed by atoms with Crippen molar-refractivity contribution in [1.29, 1.82) is 0 Å². The third-order valence-corrected chi connectivity index (χ3v) is 7.37. The van der Waals surface area contributed by atoms with Gasteiger partial charge in [-0.3, -0.25) is 14.4 Å². The van der Waals surface area contributed by atoms with Crippen molar-refractivity contribution in [2.45, 2.75) is 64.7 Å². The molecule has 5 aromatic rings. The average Bonchev–Trinajstić information content (AvgIpc) is 3.72. The summed E-state index contributed by atoms with van der Waals surface area (Å²) in [6.45, 7) is 6.66. The molecule has 2 N–H and O–H groups in total. The molecule has 224 valence electrons. The number of rotatable bonds is 13. The second kappa shape index (κ2) is 12.7. The smallest absolute Gasteiger partial charge is 0.305 e. The van der Waals surface area contributed by atoms with Gasteiger partial charge in [-0.1, -0.05) is 32.0 Å². The van der Waals surface area contributed by atoms with Gasteiger partial charge in [0.15, 0.2) is 0 Å². The van der Waals surface area contributed by atoms with E-state index in [2.05, 4.69) is 19.9 Å². The molecule has 5 rings (SSSR count). The molecule has 0 amide bonds. The van der Waals surface area contributed by atoms with Crippen molar-refractivity contribution in [1.82, 2.24) is 15.1 Å². The Morgan fingerprint density at radius 3 is 2.21 bits per heavy atom. The first-order valence-corrected chi connectivity index (χ1v) is 14.6. The molecule has 0 saturated heterocycles. The summed E-state index contributed by atoms with van der Waals surface area (Å²) in [5.41, 5.74) is 3.94. The average molecular weight is 584 g/mol. The molecule has 0 aliphatic carbocycles. The fraction of sp³-hybridized carbons (Fsp3) is 0.353. The van der Waals surface area contributed by atoms with Crippen molar-refractivity contribution in [2.24, 2.45) is 0 Å². The van der Waals surface area contributed by atoms with Crippen LogP contribution in [0.3, 0.4) is 0 Å². The van der Waals surface area contributed by atoms with E-state index in [1.807, 2.05) is 75.4 Å². The predicted octanol–water partition coefficient (Wildman–Crippen LogP) is 6.63. The summed E-state index contributed by atoms with van der Waals surface area (Å²) < 4.78 is 15.9. The zero-order chi connectivity index (χ0) is 30.6. The quantitative estimate of drug-likeness (QED) is 0.0904. The van der Waals surface area contributed by atoms with Crippen molar-refractivity contribution in [3.8, 4) is 5.75 Å². The summed E-state index contributed by atoms with van der Waals surface area (Å²) in [6, 6.07) is 16.9.